The van der Waals surface area contributed by atoms with Gasteiger partial charge in [-0.15, -0.1) is 0 Å². The van der Waals surface area contributed by atoms with E-state index >= 15 is 0 Å². The molecule has 0 bridgehead atoms. The molecule has 0 spiro atoms. The molecule has 3 aromatic rings. The minimum atomic E-state index is -0.970. The minimum absolute atomic E-state index is 0.230. The predicted octanol–water partition coefficient (Wildman–Crippen LogP) is 4.32. The summed E-state index contributed by atoms with van der Waals surface area (Å²) >= 11 is 1.14. The van der Waals surface area contributed by atoms with Gasteiger partial charge >= 0.3 is 5.97 Å². The van der Waals surface area contributed by atoms with Crippen molar-refractivity contribution in [2.75, 3.05) is 24.3 Å². The molecule has 0 aliphatic rings. The summed E-state index contributed by atoms with van der Waals surface area (Å²) < 4.78 is 0. The van der Waals surface area contributed by atoms with E-state index in [4.69, 9.17) is 0 Å². The maximum Gasteiger partial charge on any atom is 0.348 e. The number of aromatic carboxylic acids is 1. The fraction of sp³-hybridized carbons (Fsp3) is 0.111. The SMILES string of the molecule is CN(C)c1ccc(Nc2nc(-c3ccccc3)c(C(=O)O)s2)cc1. The van der Waals surface area contributed by atoms with Gasteiger partial charge in [-0.25, -0.2) is 9.78 Å². The lowest BCUT2D eigenvalue weighted by atomic mass is 10.1. The molecular formula is C18H17N3O2S. The van der Waals surface area contributed by atoms with Gasteiger partial charge in [-0.05, 0) is 24.3 Å². The number of benzene rings is 2. The van der Waals surface area contributed by atoms with Crippen LogP contribution in [-0.2, 0) is 0 Å². The Morgan fingerprint density at radius 1 is 1.08 bits per heavy atom. The van der Waals surface area contributed by atoms with Crippen LogP contribution in [0, 0.1) is 0 Å². The monoisotopic (exact) mass is 339 g/mol. The summed E-state index contributed by atoms with van der Waals surface area (Å²) in [7, 11) is 3.96. The minimum Gasteiger partial charge on any atom is -0.477 e. The van der Waals surface area contributed by atoms with Crippen molar-refractivity contribution in [1.29, 1.82) is 0 Å². The Morgan fingerprint density at radius 2 is 1.75 bits per heavy atom. The van der Waals surface area contributed by atoms with E-state index < -0.39 is 5.97 Å². The maximum atomic E-state index is 11.5. The highest BCUT2D eigenvalue weighted by Gasteiger charge is 2.18. The smallest absolute Gasteiger partial charge is 0.348 e. The molecule has 0 atom stereocenters. The first-order valence-corrected chi connectivity index (χ1v) is 8.20. The third-order valence-electron chi connectivity index (χ3n) is 3.50. The van der Waals surface area contributed by atoms with Gasteiger partial charge in [0.15, 0.2) is 5.13 Å². The number of carboxylic acids is 1. The van der Waals surface area contributed by atoms with E-state index in [1.165, 1.54) is 0 Å². The van der Waals surface area contributed by atoms with Gasteiger partial charge in [-0.1, -0.05) is 41.7 Å². The molecule has 0 amide bonds. The quantitative estimate of drug-likeness (QED) is 0.725. The number of hydrogen-bond donors (Lipinski definition) is 2. The van der Waals surface area contributed by atoms with Gasteiger partial charge in [-0.2, -0.15) is 0 Å². The highest BCUT2D eigenvalue weighted by molar-refractivity contribution is 7.18. The first-order chi connectivity index (χ1) is 11.5. The fourth-order valence-electron chi connectivity index (χ4n) is 2.28. The molecule has 5 nitrogen and oxygen atoms in total. The van der Waals surface area contributed by atoms with E-state index in [9.17, 15) is 9.90 Å². The second-order valence-electron chi connectivity index (χ2n) is 5.43. The second-order valence-corrected chi connectivity index (χ2v) is 6.43. The molecule has 0 saturated heterocycles. The summed E-state index contributed by atoms with van der Waals surface area (Å²) in [6.07, 6.45) is 0. The molecule has 0 fully saturated rings. The zero-order valence-electron chi connectivity index (χ0n) is 13.4. The van der Waals surface area contributed by atoms with Crippen LogP contribution in [0.1, 0.15) is 9.67 Å². The van der Waals surface area contributed by atoms with Gasteiger partial charge in [0.1, 0.15) is 4.88 Å². The lowest BCUT2D eigenvalue weighted by molar-refractivity contribution is 0.0702. The number of nitrogens with one attached hydrogen (secondary N) is 1. The molecule has 1 aromatic heterocycles. The molecule has 3 rings (SSSR count). The highest BCUT2D eigenvalue weighted by atomic mass is 32.1. The predicted molar refractivity (Wildman–Crippen MR) is 98.6 cm³/mol. The molecule has 122 valence electrons. The summed E-state index contributed by atoms with van der Waals surface area (Å²) in [5.74, 6) is -0.970. The van der Waals surface area contributed by atoms with Crippen molar-refractivity contribution < 1.29 is 9.90 Å². The molecular weight excluding hydrogens is 322 g/mol. The van der Waals surface area contributed by atoms with E-state index in [1.54, 1.807) is 0 Å². The second kappa shape index (κ2) is 6.72. The van der Waals surface area contributed by atoms with E-state index in [1.807, 2.05) is 73.6 Å². The molecule has 2 N–H and O–H groups in total. The Balaban J connectivity index is 1.90. The Hall–Kier alpha value is -2.86. The van der Waals surface area contributed by atoms with Crippen LogP contribution in [0.2, 0.25) is 0 Å². The molecule has 2 aromatic carbocycles. The van der Waals surface area contributed by atoms with Crippen LogP contribution in [-0.4, -0.2) is 30.2 Å². The first kappa shape index (κ1) is 16.0. The lowest BCUT2D eigenvalue weighted by Gasteiger charge is -2.12. The number of hydrogen-bond acceptors (Lipinski definition) is 5. The van der Waals surface area contributed by atoms with E-state index in [-0.39, 0.29) is 4.88 Å². The van der Waals surface area contributed by atoms with Gasteiger partial charge in [0.2, 0.25) is 0 Å². The molecule has 1 heterocycles. The van der Waals surface area contributed by atoms with Gasteiger partial charge in [0.25, 0.3) is 0 Å². The number of nitrogens with zero attached hydrogens (tertiary/aromatic N) is 2. The van der Waals surface area contributed by atoms with Crippen LogP contribution in [0.5, 0.6) is 0 Å². The largest absolute Gasteiger partial charge is 0.477 e. The van der Waals surface area contributed by atoms with E-state index in [2.05, 4.69) is 10.3 Å². The zero-order valence-corrected chi connectivity index (χ0v) is 14.2. The normalized spacial score (nSPS) is 10.4. The molecule has 24 heavy (non-hydrogen) atoms. The summed E-state index contributed by atoms with van der Waals surface area (Å²) in [6, 6.07) is 17.2. The Bertz CT molecular complexity index is 842. The highest BCUT2D eigenvalue weighted by Crippen LogP contribution is 2.32. The van der Waals surface area contributed by atoms with Crippen molar-refractivity contribution in [2.45, 2.75) is 0 Å². The summed E-state index contributed by atoms with van der Waals surface area (Å²) in [4.78, 5) is 18.2. The maximum absolute atomic E-state index is 11.5. The van der Waals surface area contributed by atoms with Gasteiger partial charge in [0, 0.05) is 31.0 Å². The topological polar surface area (TPSA) is 65.5 Å². The van der Waals surface area contributed by atoms with Crippen molar-refractivity contribution >= 4 is 33.8 Å². The third kappa shape index (κ3) is 3.38. The molecule has 0 aliphatic heterocycles. The van der Waals surface area contributed by atoms with Gasteiger partial charge < -0.3 is 15.3 Å². The van der Waals surface area contributed by atoms with Crippen molar-refractivity contribution in [2.24, 2.45) is 0 Å². The van der Waals surface area contributed by atoms with Gasteiger partial charge in [-0.3, -0.25) is 0 Å². The number of aromatic nitrogens is 1. The van der Waals surface area contributed by atoms with E-state index in [0.717, 1.165) is 28.3 Å². The fourth-order valence-corrected chi connectivity index (χ4v) is 3.12. The summed E-state index contributed by atoms with van der Waals surface area (Å²) in [5.41, 5.74) is 3.24. The Labute approximate surface area is 144 Å². The van der Waals surface area contributed by atoms with Crippen LogP contribution in [0.4, 0.5) is 16.5 Å². The molecule has 0 unspecified atom stereocenters. The third-order valence-corrected chi connectivity index (χ3v) is 4.46. The van der Waals surface area contributed by atoms with Crippen molar-refractivity contribution in [3.8, 4) is 11.3 Å². The van der Waals surface area contributed by atoms with Crippen LogP contribution in [0.25, 0.3) is 11.3 Å². The molecule has 6 heteroatoms. The number of carbonyl (C=O) groups is 1. The van der Waals surface area contributed by atoms with Crippen molar-refractivity contribution in [3.05, 3.63) is 59.5 Å². The number of anilines is 3. The number of carboxylic acid groups (broad SMARTS) is 1. The van der Waals surface area contributed by atoms with Crippen LogP contribution >= 0.6 is 11.3 Å². The standard InChI is InChI=1S/C18H17N3O2S/c1-21(2)14-10-8-13(9-11-14)19-18-20-15(16(24-18)17(22)23)12-6-4-3-5-7-12/h3-11H,1-2H3,(H,19,20)(H,22,23). The van der Waals surface area contributed by atoms with Gasteiger partial charge in [0.05, 0.1) is 5.69 Å². The molecule has 0 radical (unpaired) electrons. The average Bonchev–Trinajstić information content (AvgIpc) is 3.00. The lowest BCUT2D eigenvalue weighted by Crippen LogP contribution is -2.08. The number of rotatable bonds is 5. The van der Waals surface area contributed by atoms with Crippen LogP contribution < -0.4 is 10.2 Å². The number of thiazole rings is 1. The molecule has 0 aliphatic carbocycles. The van der Waals surface area contributed by atoms with Crippen LogP contribution in [0.15, 0.2) is 54.6 Å². The summed E-state index contributed by atoms with van der Waals surface area (Å²) in [5, 5.41) is 13.2. The van der Waals surface area contributed by atoms with Crippen molar-refractivity contribution in [3.63, 3.8) is 0 Å². The Morgan fingerprint density at radius 3 is 2.33 bits per heavy atom. The average molecular weight is 339 g/mol. The first-order valence-electron chi connectivity index (χ1n) is 7.38. The van der Waals surface area contributed by atoms with Crippen LogP contribution in [0.3, 0.4) is 0 Å². The zero-order chi connectivity index (χ0) is 17.1. The Kier molecular flexibility index (Phi) is 4.48. The van der Waals surface area contributed by atoms with E-state index in [0.29, 0.717) is 10.8 Å². The summed E-state index contributed by atoms with van der Waals surface area (Å²) in [6.45, 7) is 0. The molecule has 0 saturated carbocycles. The van der Waals surface area contributed by atoms with Crippen molar-refractivity contribution in [1.82, 2.24) is 4.98 Å².